The highest BCUT2D eigenvalue weighted by molar-refractivity contribution is 5.54. The summed E-state index contributed by atoms with van der Waals surface area (Å²) in [5.41, 5.74) is 7.83. The normalized spacial score (nSPS) is 30.3. The molecule has 2 fully saturated rings. The number of fused-ring (bicyclic) bond motifs is 1. The van der Waals surface area contributed by atoms with Gasteiger partial charge in [-0.3, -0.25) is 0 Å². The molecule has 1 saturated heterocycles. The minimum Gasteiger partial charge on any atom is -0.399 e. The standard InChI is InChI=1S/C11H14N2/c12-10-1-3-11(4-2-10)13-6-8-5-9(8)7-13/h1-4,8-9H,5-7,12H2. The Morgan fingerprint density at radius 1 is 1.08 bits per heavy atom. The summed E-state index contributed by atoms with van der Waals surface area (Å²) < 4.78 is 0. The van der Waals surface area contributed by atoms with Crippen molar-refractivity contribution in [2.75, 3.05) is 23.7 Å². The van der Waals surface area contributed by atoms with Crippen LogP contribution in [-0.2, 0) is 0 Å². The summed E-state index contributed by atoms with van der Waals surface area (Å²) >= 11 is 0. The molecule has 13 heavy (non-hydrogen) atoms. The highest BCUT2D eigenvalue weighted by Gasteiger charge is 2.44. The minimum absolute atomic E-state index is 0.855. The Kier molecular flexibility index (Phi) is 1.34. The third-order valence-corrected chi connectivity index (χ3v) is 3.24. The third-order valence-electron chi connectivity index (χ3n) is 3.24. The van der Waals surface area contributed by atoms with Crippen molar-refractivity contribution >= 4 is 11.4 Å². The lowest BCUT2D eigenvalue weighted by Crippen LogP contribution is -2.21. The molecule has 2 heteroatoms. The topological polar surface area (TPSA) is 29.3 Å². The zero-order chi connectivity index (χ0) is 8.84. The Morgan fingerprint density at radius 2 is 1.69 bits per heavy atom. The Labute approximate surface area is 78.3 Å². The number of piperidine rings is 1. The Balaban J connectivity index is 1.81. The summed E-state index contributed by atoms with van der Waals surface area (Å²) in [6.45, 7) is 2.52. The zero-order valence-corrected chi connectivity index (χ0v) is 7.61. The van der Waals surface area contributed by atoms with Gasteiger partial charge in [0.2, 0.25) is 0 Å². The van der Waals surface area contributed by atoms with Gasteiger partial charge in [-0.2, -0.15) is 0 Å². The predicted octanol–water partition coefficient (Wildman–Crippen LogP) is 1.72. The van der Waals surface area contributed by atoms with E-state index >= 15 is 0 Å². The van der Waals surface area contributed by atoms with Crippen molar-refractivity contribution in [3.8, 4) is 0 Å². The molecule has 1 aromatic rings. The van der Waals surface area contributed by atoms with Crippen molar-refractivity contribution in [3.63, 3.8) is 0 Å². The number of nitrogens with two attached hydrogens (primary N) is 1. The summed E-state index contributed by atoms with van der Waals surface area (Å²) in [7, 11) is 0. The van der Waals surface area contributed by atoms with Crippen LogP contribution in [0.15, 0.2) is 24.3 Å². The van der Waals surface area contributed by atoms with Gasteiger partial charge in [-0.15, -0.1) is 0 Å². The summed E-state index contributed by atoms with van der Waals surface area (Å²) in [4.78, 5) is 2.47. The molecule has 0 bridgehead atoms. The molecule has 1 aromatic carbocycles. The van der Waals surface area contributed by atoms with E-state index in [1.54, 1.807) is 0 Å². The number of nitrogens with zero attached hydrogens (tertiary/aromatic N) is 1. The molecule has 3 rings (SSSR count). The van der Waals surface area contributed by atoms with Gasteiger partial charge in [0.05, 0.1) is 0 Å². The fourth-order valence-electron chi connectivity index (χ4n) is 2.29. The van der Waals surface area contributed by atoms with Crippen LogP contribution in [-0.4, -0.2) is 13.1 Å². The van der Waals surface area contributed by atoms with Gasteiger partial charge >= 0.3 is 0 Å². The van der Waals surface area contributed by atoms with Gasteiger partial charge in [-0.05, 0) is 42.5 Å². The molecule has 68 valence electrons. The molecule has 2 atom stereocenters. The van der Waals surface area contributed by atoms with Crippen LogP contribution in [0.4, 0.5) is 11.4 Å². The van der Waals surface area contributed by atoms with Crippen LogP contribution in [0, 0.1) is 11.8 Å². The lowest BCUT2D eigenvalue weighted by molar-refractivity contribution is 0.820. The lowest BCUT2D eigenvalue weighted by Gasteiger charge is -2.20. The van der Waals surface area contributed by atoms with Crippen molar-refractivity contribution in [2.24, 2.45) is 11.8 Å². The molecule has 2 unspecified atom stereocenters. The molecule has 0 radical (unpaired) electrons. The highest BCUT2D eigenvalue weighted by atomic mass is 15.2. The van der Waals surface area contributed by atoms with E-state index < -0.39 is 0 Å². The molecule has 0 spiro atoms. The van der Waals surface area contributed by atoms with Crippen molar-refractivity contribution in [2.45, 2.75) is 6.42 Å². The number of rotatable bonds is 1. The second-order valence-corrected chi connectivity index (χ2v) is 4.25. The number of hydrogen-bond donors (Lipinski definition) is 1. The first kappa shape index (κ1) is 7.25. The summed E-state index contributed by atoms with van der Waals surface area (Å²) in [6, 6.07) is 8.22. The molecule has 2 aliphatic rings. The monoisotopic (exact) mass is 174 g/mol. The van der Waals surface area contributed by atoms with Gasteiger partial charge in [0.1, 0.15) is 0 Å². The van der Waals surface area contributed by atoms with Crippen LogP contribution in [0.5, 0.6) is 0 Å². The van der Waals surface area contributed by atoms with E-state index in [1.807, 2.05) is 12.1 Å². The molecule has 1 aliphatic carbocycles. The van der Waals surface area contributed by atoms with Crippen LogP contribution < -0.4 is 10.6 Å². The first-order valence-electron chi connectivity index (χ1n) is 4.93. The summed E-state index contributed by atoms with van der Waals surface area (Å²) in [5.74, 6) is 2.00. The van der Waals surface area contributed by atoms with Gasteiger partial charge in [-0.1, -0.05) is 0 Å². The van der Waals surface area contributed by atoms with Crippen molar-refractivity contribution in [1.82, 2.24) is 0 Å². The average Bonchev–Trinajstić information content (AvgIpc) is 2.75. The Morgan fingerprint density at radius 3 is 2.31 bits per heavy atom. The largest absolute Gasteiger partial charge is 0.399 e. The second kappa shape index (κ2) is 2.41. The number of benzene rings is 1. The van der Waals surface area contributed by atoms with Crippen LogP contribution in [0.25, 0.3) is 0 Å². The minimum atomic E-state index is 0.855. The zero-order valence-electron chi connectivity index (χ0n) is 7.61. The van der Waals surface area contributed by atoms with E-state index in [1.165, 1.54) is 25.2 Å². The molecule has 0 amide bonds. The fraction of sp³-hybridized carbons (Fsp3) is 0.455. The van der Waals surface area contributed by atoms with Crippen LogP contribution in [0.3, 0.4) is 0 Å². The van der Waals surface area contributed by atoms with Crippen molar-refractivity contribution in [3.05, 3.63) is 24.3 Å². The number of nitrogen functional groups attached to an aromatic ring is 1. The third kappa shape index (κ3) is 1.17. The van der Waals surface area contributed by atoms with Crippen LogP contribution in [0.1, 0.15) is 6.42 Å². The maximum atomic E-state index is 5.64. The molecule has 2 N–H and O–H groups in total. The van der Waals surface area contributed by atoms with Crippen LogP contribution >= 0.6 is 0 Å². The quantitative estimate of drug-likeness (QED) is 0.657. The van der Waals surface area contributed by atoms with Crippen LogP contribution in [0.2, 0.25) is 0 Å². The molecular weight excluding hydrogens is 160 g/mol. The van der Waals surface area contributed by atoms with E-state index in [0.29, 0.717) is 0 Å². The fourth-order valence-corrected chi connectivity index (χ4v) is 2.29. The van der Waals surface area contributed by atoms with Gasteiger partial charge in [0.25, 0.3) is 0 Å². The van der Waals surface area contributed by atoms with Crippen molar-refractivity contribution < 1.29 is 0 Å². The first-order valence-corrected chi connectivity index (χ1v) is 4.93. The predicted molar refractivity (Wildman–Crippen MR) is 54.7 cm³/mol. The smallest absolute Gasteiger partial charge is 0.0367 e. The average molecular weight is 174 g/mol. The molecule has 2 nitrogen and oxygen atoms in total. The van der Waals surface area contributed by atoms with E-state index in [4.69, 9.17) is 5.73 Å². The molecule has 1 saturated carbocycles. The molecule has 0 aromatic heterocycles. The Bertz CT molecular complexity index is 307. The SMILES string of the molecule is Nc1ccc(N2CC3CC3C2)cc1. The molecule has 1 aliphatic heterocycles. The highest BCUT2D eigenvalue weighted by Crippen LogP contribution is 2.46. The van der Waals surface area contributed by atoms with E-state index in [-0.39, 0.29) is 0 Å². The molecular formula is C11H14N2. The number of anilines is 2. The van der Waals surface area contributed by atoms with Gasteiger partial charge in [0.15, 0.2) is 0 Å². The maximum Gasteiger partial charge on any atom is 0.0367 e. The van der Waals surface area contributed by atoms with Gasteiger partial charge < -0.3 is 10.6 Å². The second-order valence-electron chi connectivity index (χ2n) is 4.25. The van der Waals surface area contributed by atoms with Crippen molar-refractivity contribution in [1.29, 1.82) is 0 Å². The summed E-state index contributed by atoms with van der Waals surface area (Å²) in [5, 5.41) is 0. The lowest BCUT2D eigenvalue weighted by atomic mass is 10.2. The summed E-state index contributed by atoms with van der Waals surface area (Å²) in [6.07, 6.45) is 1.46. The van der Waals surface area contributed by atoms with E-state index in [0.717, 1.165) is 17.5 Å². The number of hydrogen-bond acceptors (Lipinski definition) is 2. The maximum absolute atomic E-state index is 5.64. The van der Waals surface area contributed by atoms with E-state index in [9.17, 15) is 0 Å². The van der Waals surface area contributed by atoms with Gasteiger partial charge in [-0.25, -0.2) is 0 Å². The Hall–Kier alpha value is -1.18. The van der Waals surface area contributed by atoms with Gasteiger partial charge in [0, 0.05) is 24.5 Å². The van der Waals surface area contributed by atoms with E-state index in [2.05, 4.69) is 17.0 Å². The molecule has 1 heterocycles. The first-order chi connectivity index (χ1) is 6.33.